The maximum absolute atomic E-state index is 10.1. The number of hydrogen-bond acceptors (Lipinski definition) is 6. The van der Waals surface area contributed by atoms with Crippen LogP contribution in [0, 0.1) is 0 Å². The molecular formula is C16H17N3O4. The fourth-order valence-corrected chi connectivity index (χ4v) is 2.18. The number of aromatic nitrogens is 3. The molecule has 1 heterocycles. The zero-order valence-electron chi connectivity index (χ0n) is 12.6. The van der Waals surface area contributed by atoms with Gasteiger partial charge in [0.05, 0.1) is 13.2 Å². The van der Waals surface area contributed by atoms with Crippen molar-refractivity contribution in [2.75, 3.05) is 19.8 Å². The Morgan fingerprint density at radius 1 is 1.00 bits per heavy atom. The molecule has 0 bridgehead atoms. The van der Waals surface area contributed by atoms with Gasteiger partial charge in [-0.2, -0.15) is 0 Å². The highest BCUT2D eigenvalue weighted by Gasteiger charge is 2.10. The van der Waals surface area contributed by atoms with E-state index in [2.05, 4.69) is 10.2 Å². The molecule has 7 nitrogen and oxygen atoms in total. The maximum Gasteiger partial charge on any atom is 0.146 e. The first kappa shape index (κ1) is 15.1. The molecule has 0 aliphatic carbocycles. The molecule has 0 atom stereocenters. The highest BCUT2D eigenvalue weighted by atomic mass is 16.5. The fraction of sp³-hybridized carbons (Fsp3) is 0.250. The number of aromatic hydroxyl groups is 1. The average Bonchev–Trinajstić information content (AvgIpc) is 2.96. The number of phenolic OH excluding ortho intramolecular Hbond substituents is 1. The number of phenols is 1. The molecule has 7 heteroatoms. The van der Waals surface area contributed by atoms with E-state index in [4.69, 9.17) is 14.6 Å². The van der Waals surface area contributed by atoms with E-state index in [0.717, 1.165) is 0 Å². The number of aliphatic hydroxyl groups is 1. The Morgan fingerprint density at radius 2 is 1.74 bits per heavy atom. The van der Waals surface area contributed by atoms with E-state index in [-0.39, 0.29) is 19.0 Å². The first-order valence-corrected chi connectivity index (χ1v) is 7.28. The molecule has 2 N–H and O–H groups in total. The van der Waals surface area contributed by atoms with Gasteiger partial charge in [0, 0.05) is 12.1 Å². The third-order valence-electron chi connectivity index (χ3n) is 3.19. The number of rotatable bonds is 6. The van der Waals surface area contributed by atoms with Crippen molar-refractivity contribution < 1.29 is 19.7 Å². The Bertz CT molecular complexity index is 816. The second-order valence-corrected chi connectivity index (χ2v) is 4.80. The van der Waals surface area contributed by atoms with Crippen molar-refractivity contribution in [1.82, 2.24) is 15.0 Å². The summed E-state index contributed by atoms with van der Waals surface area (Å²) in [4.78, 5) is 1.37. The predicted molar refractivity (Wildman–Crippen MR) is 84.3 cm³/mol. The minimum atomic E-state index is -0.0508. The molecule has 23 heavy (non-hydrogen) atoms. The van der Waals surface area contributed by atoms with E-state index < -0.39 is 0 Å². The number of nitrogens with zero attached hydrogens (tertiary/aromatic N) is 3. The molecule has 120 valence electrons. The molecule has 0 aliphatic heterocycles. The van der Waals surface area contributed by atoms with Gasteiger partial charge in [-0.25, -0.2) is 0 Å². The Morgan fingerprint density at radius 3 is 2.48 bits per heavy atom. The summed E-state index contributed by atoms with van der Waals surface area (Å²) in [6.07, 6.45) is 0. The van der Waals surface area contributed by atoms with Gasteiger partial charge in [0.1, 0.15) is 40.6 Å². The number of ether oxygens (including phenoxy) is 2. The van der Waals surface area contributed by atoms with Crippen LogP contribution in [0.4, 0.5) is 0 Å². The zero-order chi connectivity index (χ0) is 16.2. The Hall–Kier alpha value is -2.80. The molecule has 0 fully saturated rings. The summed E-state index contributed by atoms with van der Waals surface area (Å²) in [6.45, 7) is 2.58. The molecule has 1 aromatic heterocycles. The lowest BCUT2D eigenvalue weighted by Gasteiger charge is -2.06. The Kier molecular flexibility index (Phi) is 4.29. The lowest BCUT2D eigenvalue weighted by molar-refractivity contribution is 0.201. The number of benzene rings is 2. The van der Waals surface area contributed by atoms with Gasteiger partial charge in [-0.1, -0.05) is 0 Å². The van der Waals surface area contributed by atoms with Crippen LogP contribution in [-0.2, 0) is 0 Å². The summed E-state index contributed by atoms with van der Waals surface area (Å²) in [5, 5.41) is 27.6. The lowest BCUT2D eigenvalue weighted by Crippen LogP contribution is -2.01. The number of aliphatic hydroxyl groups excluding tert-OH is 1. The average molecular weight is 315 g/mol. The van der Waals surface area contributed by atoms with Gasteiger partial charge < -0.3 is 19.7 Å². The van der Waals surface area contributed by atoms with Crippen molar-refractivity contribution in [1.29, 1.82) is 0 Å². The molecule has 0 spiro atoms. The van der Waals surface area contributed by atoms with E-state index >= 15 is 0 Å². The van der Waals surface area contributed by atoms with Crippen LogP contribution in [0.15, 0.2) is 36.4 Å². The van der Waals surface area contributed by atoms with Gasteiger partial charge >= 0.3 is 0 Å². The van der Waals surface area contributed by atoms with E-state index in [0.29, 0.717) is 34.8 Å². The maximum atomic E-state index is 10.1. The third kappa shape index (κ3) is 3.19. The Balaban J connectivity index is 1.93. The predicted octanol–water partition coefficient (Wildman–Crippen LogP) is 1.90. The molecule has 0 saturated heterocycles. The summed E-state index contributed by atoms with van der Waals surface area (Å²) in [5.74, 6) is 1.23. The summed E-state index contributed by atoms with van der Waals surface area (Å²) in [6, 6.07) is 10.2. The minimum absolute atomic E-state index is 0.0352. The topological polar surface area (TPSA) is 89.6 Å². The first-order valence-electron chi connectivity index (χ1n) is 7.28. The van der Waals surface area contributed by atoms with Crippen molar-refractivity contribution >= 4 is 11.0 Å². The molecular weight excluding hydrogens is 298 g/mol. The molecule has 2 aromatic carbocycles. The van der Waals surface area contributed by atoms with E-state index in [9.17, 15) is 5.11 Å². The molecule has 0 unspecified atom stereocenters. The number of fused-ring (bicyclic) bond motifs is 1. The van der Waals surface area contributed by atoms with Gasteiger partial charge in [-0.05, 0) is 31.2 Å². The van der Waals surface area contributed by atoms with E-state index in [1.165, 1.54) is 10.9 Å². The smallest absolute Gasteiger partial charge is 0.146 e. The van der Waals surface area contributed by atoms with Crippen molar-refractivity contribution in [2.45, 2.75) is 6.92 Å². The van der Waals surface area contributed by atoms with Crippen molar-refractivity contribution in [3.8, 4) is 22.9 Å². The van der Waals surface area contributed by atoms with Gasteiger partial charge in [0.15, 0.2) is 0 Å². The minimum Gasteiger partial charge on any atom is -0.505 e. The summed E-state index contributed by atoms with van der Waals surface area (Å²) >= 11 is 0. The molecule has 3 rings (SSSR count). The van der Waals surface area contributed by atoms with Crippen molar-refractivity contribution in [3.05, 3.63) is 36.4 Å². The lowest BCUT2D eigenvalue weighted by atomic mass is 10.3. The van der Waals surface area contributed by atoms with Crippen LogP contribution in [0.1, 0.15) is 6.92 Å². The van der Waals surface area contributed by atoms with Crippen LogP contribution < -0.4 is 9.47 Å². The van der Waals surface area contributed by atoms with E-state index in [1.807, 2.05) is 6.92 Å². The van der Waals surface area contributed by atoms with Gasteiger partial charge in [-0.15, -0.1) is 15.0 Å². The Labute approximate surface area is 132 Å². The van der Waals surface area contributed by atoms with Crippen LogP contribution >= 0.6 is 0 Å². The van der Waals surface area contributed by atoms with Crippen molar-refractivity contribution in [3.63, 3.8) is 0 Å². The third-order valence-corrected chi connectivity index (χ3v) is 3.19. The summed E-state index contributed by atoms with van der Waals surface area (Å²) in [5.41, 5.74) is 1.77. The van der Waals surface area contributed by atoms with Crippen LogP contribution in [0.3, 0.4) is 0 Å². The molecule has 0 aliphatic rings. The summed E-state index contributed by atoms with van der Waals surface area (Å²) < 4.78 is 10.7. The summed E-state index contributed by atoms with van der Waals surface area (Å²) in [7, 11) is 0. The molecule has 0 saturated carbocycles. The van der Waals surface area contributed by atoms with E-state index in [1.54, 1.807) is 30.3 Å². The van der Waals surface area contributed by atoms with Crippen LogP contribution in [0.25, 0.3) is 16.7 Å². The molecule has 0 amide bonds. The zero-order valence-corrected chi connectivity index (χ0v) is 12.6. The van der Waals surface area contributed by atoms with Crippen LogP contribution in [0.5, 0.6) is 17.2 Å². The monoisotopic (exact) mass is 315 g/mol. The highest BCUT2D eigenvalue weighted by Crippen LogP contribution is 2.27. The quantitative estimate of drug-likeness (QED) is 0.722. The van der Waals surface area contributed by atoms with Gasteiger partial charge in [0.25, 0.3) is 0 Å². The number of hydrogen-bond donors (Lipinski definition) is 2. The second-order valence-electron chi connectivity index (χ2n) is 4.80. The molecule has 3 aromatic rings. The SMILES string of the molecule is CCOc1ccc(-n2nc3ccc(OCCO)cc3n2)c(O)c1. The highest BCUT2D eigenvalue weighted by molar-refractivity contribution is 5.75. The first-order chi connectivity index (χ1) is 11.2. The van der Waals surface area contributed by atoms with Gasteiger partial charge in [-0.3, -0.25) is 0 Å². The fourth-order valence-electron chi connectivity index (χ4n) is 2.18. The normalized spacial score (nSPS) is 10.9. The molecule has 0 radical (unpaired) electrons. The van der Waals surface area contributed by atoms with Crippen molar-refractivity contribution in [2.24, 2.45) is 0 Å². The standard InChI is InChI=1S/C16H17N3O4/c1-2-22-12-4-6-15(16(21)10-12)19-17-13-5-3-11(23-8-7-20)9-14(13)18-19/h3-6,9-10,20-21H,2,7-8H2,1H3. The largest absolute Gasteiger partial charge is 0.505 e. The second kappa shape index (κ2) is 6.53. The van der Waals surface area contributed by atoms with Crippen LogP contribution in [-0.4, -0.2) is 45.0 Å². The van der Waals surface area contributed by atoms with Gasteiger partial charge in [0.2, 0.25) is 0 Å². The van der Waals surface area contributed by atoms with Crippen LogP contribution in [0.2, 0.25) is 0 Å².